The van der Waals surface area contributed by atoms with E-state index in [9.17, 15) is 0 Å². The van der Waals surface area contributed by atoms with Gasteiger partial charge >= 0.3 is 143 Å². The van der Waals surface area contributed by atoms with Gasteiger partial charge in [0.1, 0.15) is 0 Å². The van der Waals surface area contributed by atoms with Crippen molar-refractivity contribution >= 4 is 4.57 Å². The monoisotopic (exact) mass is 352 g/mol. The van der Waals surface area contributed by atoms with Crippen LogP contribution in [0.2, 0.25) is 0 Å². The Morgan fingerprint density at radius 2 is 1.30 bits per heavy atom. The van der Waals surface area contributed by atoms with Gasteiger partial charge in [-0.3, -0.25) is 0 Å². The van der Waals surface area contributed by atoms with Crippen LogP contribution in [0.4, 0.5) is 0 Å². The van der Waals surface area contributed by atoms with E-state index in [2.05, 4.69) is 79.4 Å². The van der Waals surface area contributed by atoms with Crippen molar-refractivity contribution in [2.75, 3.05) is 7.11 Å². The number of benzene rings is 1. The minimum atomic E-state index is 0.604. The summed E-state index contributed by atoms with van der Waals surface area (Å²) in [5.74, 6) is 1.28. The molecule has 1 aliphatic rings. The molecule has 2 atom stereocenters. The molecule has 1 saturated carbocycles. The fraction of sp³-hybridized carbons (Fsp3) is 0.250. The van der Waals surface area contributed by atoms with Gasteiger partial charge in [-0.25, -0.2) is 0 Å². The van der Waals surface area contributed by atoms with Gasteiger partial charge in [0, 0.05) is 0 Å². The van der Waals surface area contributed by atoms with Crippen molar-refractivity contribution in [2.45, 2.75) is 12.3 Å². The van der Waals surface area contributed by atoms with Crippen LogP contribution in [0.1, 0.15) is 17.9 Å². The fourth-order valence-corrected chi connectivity index (χ4v) is 2.08. The summed E-state index contributed by atoms with van der Waals surface area (Å²) >= 11 is 2.98. The van der Waals surface area contributed by atoms with E-state index in [4.69, 9.17) is 28.0 Å². The summed E-state index contributed by atoms with van der Waals surface area (Å²) in [5.41, 5.74) is 1.43. The Labute approximate surface area is 143 Å². The molecule has 23 heavy (non-hydrogen) atoms. The molecule has 0 radical (unpaired) electrons. The van der Waals surface area contributed by atoms with E-state index in [0.29, 0.717) is 11.8 Å². The topological polar surface area (TPSA) is 109 Å². The number of rotatable bonds is 3. The van der Waals surface area contributed by atoms with Gasteiger partial charge in [0.2, 0.25) is 0 Å². The quantitative estimate of drug-likeness (QED) is 0.601. The summed E-state index contributed by atoms with van der Waals surface area (Å²) in [6.07, 6.45) is 1.22. The SMILES string of the molecule is CO[C](=[Cr])C1CC1c1ccccc1.[C-]#[O+].[C-]#[O+].[C-]#[O+].[C-]#[O+].[C-]#[O+]. The second-order valence-electron chi connectivity index (χ2n) is 3.38. The second kappa shape index (κ2) is 25.2. The first-order valence-electron chi connectivity index (χ1n) is 5.47. The molecule has 0 heterocycles. The molecule has 0 bridgehead atoms. The van der Waals surface area contributed by atoms with Crippen LogP contribution in [0.5, 0.6) is 0 Å². The zero-order valence-electron chi connectivity index (χ0n) is 12.1. The number of hydrogen-bond donors (Lipinski definition) is 0. The average Bonchev–Trinajstić information content (AvgIpc) is 3.51. The molecule has 7 heteroatoms. The molecule has 0 aromatic heterocycles. The Morgan fingerprint density at radius 3 is 1.65 bits per heavy atom. The van der Waals surface area contributed by atoms with Gasteiger partial charge in [0.25, 0.3) is 0 Å². The number of hydrogen-bond acceptors (Lipinski definition) is 1. The Hall–Kier alpha value is -1.72. The van der Waals surface area contributed by atoms with Crippen molar-refractivity contribution in [1.29, 1.82) is 0 Å². The van der Waals surface area contributed by atoms with Gasteiger partial charge in [0.15, 0.2) is 0 Å². The molecule has 0 amide bonds. The van der Waals surface area contributed by atoms with E-state index >= 15 is 0 Å². The van der Waals surface area contributed by atoms with Crippen LogP contribution >= 0.6 is 0 Å². The minimum absolute atomic E-state index is 0.604. The van der Waals surface area contributed by atoms with Crippen molar-refractivity contribution in [3.8, 4) is 0 Å². The molecule has 2 rings (SSSR count). The van der Waals surface area contributed by atoms with Gasteiger partial charge < -0.3 is 0 Å². The van der Waals surface area contributed by atoms with Crippen LogP contribution in [-0.2, 0) is 43.8 Å². The second-order valence-corrected chi connectivity index (χ2v) is 4.01. The van der Waals surface area contributed by atoms with E-state index in [1.54, 1.807) is 7.11 Å². The van der Waals surface area contributed by atoms with Crippen molar-refractivity contribution in [3.63, 3.8) is 0 Å². The van der Waals surface area contributed by atoms with Crippen LogP contribution in [0.3, 0.4) is 0 Å². The average molecular weight is 352 g/mol. The van der Waals surface area contributed by atoms with Crippen molar-refractivity contribution < 1.29 is 43.8 Å². The van der Waals surface area contributed by atoms with Gasteiger partial charge in [0.05, 0.1) is 0 Å². The molecular formula is C16H12CrO6. The van der Waals surface area contributed by atoms with Gasteiger partial charge in [-0.05, 0) is 0 Å². The van der Waals surface area contributed by atoms with Crippen LogP contribution in [-0.4, -0.2) is 11.7 Å². The first-order chi connectivity index (χ1) is 11.3. The summed E-state index contributed by atoms with van der Waals surface area (Å²) < 4.78 is 43.7. The van der Waals surface area contributed by atoms with E-state index in [1.165, 1.54) is 12.0 Å². The first kappa shape index (κ1) is 29.3. The van der Waals surface area contributed by atoms with Crippen LogP contribution in [0.15, 0.2) is 30.3 Å². The van der Waals surface area contributed by atoms with Crippen molar-refractivity contribution in [3.05, 3.63) is 69.1 Å². The third-order valence-corrected chi connectivity index (χ3v) is 3.26. The zero-order chi connectivity index (χ0) is 19.3. The fourth-order valence-electron chi connectivity index (χ4n) is 1.68. The summed E-state index contributed by atoms with van der Waals surface area (Å²) in [6, 6.07) is 10.6. The molecule has 6 nitrogen and oxygen atoms in total. The maximum atomic E-state index is 7.50. The Balaban J connectivity index is -0.000000156. The van der Waals surface area contributed by atoms with Crippen LogP contribution in [0.25, 0.3) is 0 Å². The maximum absolute atomic E-state index is 7.50. The van der Waals surface area contributed by atoms with Crippen molar-refractivity contribution in [1.82, 2.24) is 0 Å². The molecule has 2 unspecified atom stereocenters. The molecule has 1 aliphatic carbocycles. The summed E-state index contributed by atoms with van der Waals surface area (Å²) in [5, 5.41) is 0. The Morgan fingerprint density at radius 1 is 0.913 bits per heavy atom. The molecule has 1 fully saturated rings. The predicted octanol–water partition coefficient (Wildman–Crippen LogP) is 1.93. The predicted molar refractivity (Wildman–Crippen MR) is 69.0 cm³/mol. The zero-order valence-corrected chi connectivity index (χ0v) is 13.4. The number of methoxy groups -OCH3 is 1. The Bertz CT molecular complexity index is 466. The van der Waals surface area contributed by atoms with Gasteiger partial charge in [-0.15, -0.1) is 0 Å². The summed E-state index contributed by atoms with van der Waals surface area (Å²) in [4.78, 5) is 0. The molecule has 0 saturated heterocycles. The Kier molecular flexibility index (Phi) is 32.2. The molecule has 0 spiro atoms. The van der Waals surface area contributed by atoms with E-state index in [-0.39, 0.29) is 0 Å². The number of ether oxygens (including phenoxy) is 1. The molecule has 1 aromatic carbocycles. The van der Waals surface area contributed by atoms with E-state index in [1.807, 2.05) is 0 Å². The third kappa shape index (κ3) is 13.7. The first-order valence-corrected chi connectivity index (χ1v) is 6.11. The van der Waals surface area contributed by atoms with E-state index < -0.39 is 0 Å². The van der Waals surface area contributed by atoms with Crippen LogP contribution in [0, 0.1) is 39.2 Å². The van der Waals surface area contributed by atoms with Crippen LogP contribution < -0.4 is 0 Å². The molecular weight excluding hydrogens is 340 g/mol. The van der Waals surface area contributed by atoms with Crippen molar-refractivity contribution in [2.24, 2.45) is 5.92 Å². The normalized spacial score (nSPS) is 14.9. The summed E-state index contributed by atoms with van der Waals surface area (Å²) in [7, 11) is 1.73. The molecule has 0 N–H and O–H groups in total. The van der Waals surface area contributed by atoms with Gasteiger partial charge in [-0.2, -0.15) is 0 Å². The summed E-state index contributed by atoms with van der Waals surface area (Å²) in [6.45, 7) is 22.5. The van der Waals surface area contributed by atoms with Gasteiger partial charge in [-0.1, -0.05) is 0 Å². The molecule has 1 aromatic rings. The molecule has 118 valence electrons. The standard InChI is InChI=1S/C11H12O.5CO.Cr/c1-12-8-10-7-11(10)9-5-3-2-4-6-9;5*1-2;/h2-6,10-11H,7H2,1H3;;;;;;. The third-order valence-electron chi connectivity index (χ3n) is 2.52. The van der Waals surface area contributed by atoms with E-state index in [0.717, 1.165) is 4.57 Å². The molecule has 0 aliphatic heterocycles.